The van der Waals surface area contributed by atoms with Crippen LogP contribution < -0.4 is 4.72 Å². The minimum atomic E-state index is -2.58. The predicted molar refractivity (Wildman–Crippen MR) is 91.1 cm³/mol. The molecule has 4 atom stereocenters. The fourth-order valence-electron chi connectivity index (χ4n) is 2.28. The Morgan fingerprint density at radius 1 is 1.35 bits per heavy atom. The lowest BCUT2D eigenvalue weighted by molar-refractivity contribution is 0.420. The second-order valence-electron chi connectivity index (χ2n) is 4.96. The molecule has 0 amide bonds. The Balaban J connectivity index is 2.25. The standard InChI is InChI=1S/C12H15Cl2NO5S3/c13-6-1-2-10(7(14)3-6)21-11-5-12(22(17)18)9(16)4-8(11)15-23(19)20/h4,6,11,15-16H,1-3,5H2,(H,17,18)(H,19,20)/p-2. The molecule has 0 aromatic rings. The van der Waals surface area contributed by atoms with Gasteiger partial charge in [0, 0.05) is 56.1 Å². The third-order valence-corrected chi connectivity index (χ3v) is 6.86. The summed E-state index contributed by atoms with van der Waals surface area (Å²) in [6.07, 6.45) is 3.01. The van der Waals surface area contributed by atoms with Crippen molar-refractivity contribution < 1.29 is 22.6 Å². The topological polar surface area (TPSA) is 113 Å². The van der Waals surface area contributed by atoms with Gasteiger partial charge in [0.1, 0.15) is 5.76 Å². The van der Waals surface area contributed by atoms with Gasteiger partial charge in [0.2, 0.25) is 0 Å². The molecule has 0 saturated heterocycles. The van der Waals surface area contributed by atoms with Crippen LogP contribution in [0.15, 0.2) is 32.4 Å². The number of allylic oxidation sites excluding steroid dienone is 4. The van der Waals surface area contributed by atoms with Crippen LogP contribution >= 0.6 is 35.0 Å². The summed E-state index contributed by atoms with van der Waals surface area (Å²) in [6, 6.07) is 0. The first-order chi connectivity index (χ1) is 10.8. The lowest BCUT2D eigenvalue weighted by Crippen LogP contribution is -2.28. The zero-order valence-electron chi connectivity index (χ0n) is 11.6. The van der Waals surface area contributed by atoms with E-state index in [1.54, 1.807) is 0 Å². The quantitative estimate of drug-likeness (QED) is 0.524. The van der Waals surface area contributed by atoms with E-state index in [0.717, 1.165) is 17.4 Å². The molecule has 0 aromatic heterocycles. The van der Waals surface area contributed by atoms with E-state index >= 15 is 0 Å². The average Bonchev–Trinajstić information content (AvgIpc) is 2.43. The Morgan fingerprint density at radius 3 is 2.61 bits per heavy atom. The summed E-state index contributed by atoms with van der Waals surface area (Å²) in [5.41, 5.74) is 0.208. The van der Waals surface area contributed by atoms with E-state index in [1.807, 2.05) is 0 Å². The second-order valence-corrected chi connectivity index (χ2v) is 8.97. The highest BCUT2D eigenvalue weighted by molar-refractivity contribution is 8.04. The number of aliphatic hydroxyl groups is 1. The molecule has 6 nitrogen and oxygen atoms in total. The zero-order valence-corrected chi connectivity index (χ0v) is 15.6. The first kappa shape index (κ1) is 19.3. The number of hydrogen-bond donors (Lipinski definition) is 2. The molecule has 0 fully saturated rings. The highest BCUT2D eigenvalue weighted by atomic mass is 35.5. The van der Waals surface area contributed by atoms with E-state index in [4.69, 9.17) is 23.2 Å². The number of alkyl halides is 1. The minimum absolute atomic E-state index is 0.0272. The number of rotatable bonds is 5. The zero-order chi connectivity index (χ0) is 17.1. The van der Waals surface area contributed by atoms with Gasteiger partial charge in [-0.1, -0.05) is 11.6 Å². The molecule has 0 bridgehead atoms. The van der Waals surface area contributed by atoms with Crippen molar-refractivity contribution in [3.8, 4) is 0 Å². The van der Waals surface area contributed by atoms with E-state index in [0.29, 0.717) is 17.9 Å². The van der Waals surface area contributed by atoms with E-state index < -0.39 is 33.4 Å². The molecular formula is C12H13Cl2NO5S3-2. The molecule has 2 N–H and O–H groups in total. The molecule has 0 spiro atoms. The largest absolute Gasteiger partial charge is 0.769 e. The van der Waals surface area contributed by atoms with Crippen molar-refractivity contribution in [2.75, 3.05) is 0 Å². The Hall–Kier alpha value is -0.0300. The summed E-state index contributed by atoms with van der Waals surface area (Å²) >= 11 is 8.38. The van der Waals surface area contributed by atoms with Gasteiger partial charge < -0.3 is 18.9 Å². The van der Waals surface area contributed by atoms with E-state index in [1.165, 1.54) is 11.8 Å². The maximum Gasteiger partial charge on any atom is 0.128 e. The number of hydrogen-bond acceptors (Lipinski definition) is 6. The first-order valence-electron chi connectivity index (χ1n) is 6.55. The smallest absolute Gasteiger partial charge is 0.128 e. The monoisotopic (exact) mass is 417 g/mol. The van der Waals surface area contributed by atoms with Gasteiger partial charge in [-0.2, -0.15) is 0 Å². The van der Waals surface area contributed by atoms with Crippen LogP contribution in [0.3, 0.4) is 0 Å². The van der Waals surface area contributed by atoms with Crippen molar-refractivity contribution in [2.45, 2.75) is 36.3 Å². The van der Waals surface area contributed by atoms with Gasteiger partial charge in [-0.3, -0.25) is 8.42 Å². The van der Waals surface area contributed by atoms with E-state index in [-0.39, 0.29) is 22.4 Å². The third kappa shape index (κ3) is 5.22. The number of thioether (sulfide) groups is 1. The number of nitrogens with one attached hydrogen (secondary N) is 1. The number of halogens is 2. The number of aliphatic hydroxyl groups excluding tert-OH is 1. The molecule has 2 aliphatic carbocycles. The molecule has 2 rings (SSSR count). The normalized spacial score (nSPS) is 28.4. The maximum atomic E-state index is 11.2. The molecule has 23 heavy (non-hydrogen) atoms. The van der Waals surface area contributed by atoms with E-state index in [9.17, 15) is 22.6 Å². The summed E-state index contributed by atoms with van der Waals surface area (Å²) < 4.78 is 46.4. The average molecular weight is 418 g/mol. The molecule has 0 aromatic carbocycles. The van der Waals surface area contributed by atoms with Crippen LogP contribution in [0.2, 0.25) is 0 Å². The SMILES string of the molecule is O=S([O-])NC1=CC(O)=C(S(=O)[O-])CC1SC1=C(Cl)CC(Cl)CC1. The van der Waals surface area contributed by atoms with Gasteiger partial charge in [-0.25, -0.2) is 0 Å². The molecule has 0 radical (unpaired) electrons. The summed E-state index contributed by atoms with van der Waals surface area (Å²) in [5.74, 6) is -0.465. The van der Waals surface area contributed by atoms with Crippen LogP contribution in [-0.4, -0.2) is 33.3 Å². The van der Waals surface area contributed by atoms with Gasteiger partial charge in [-0.05, 0) is 23.9 Å². The molecule has 11 heteroatoms. The molecule has 0 saturated carbocycles. The van der Waals surface area contributed by atoms with Gasteiger partial charge in [0.25, 0.3) is 0 Å². The summed E-state index contributed by atoms with van der Waals surface area (Å²) in [4.78, 5) is 0.697. The Labute approximate surface area is 153 Å². The van der Waals surface area contributed by atoms with Gasteiger partial charge in [0.05, 0.1) is 5.25 Å². The van der Waals surface area contributed by atoms with Crippen molar-refractivity contribution >= 4 is 57.3 Å². The van der Waals surface area contributed by atoms with Crippen LogP contribution in [0.5, 0.6) is 0 Å². The van der Waals surface area contributed by atoms with Gasteiger partial charge in [-0.15, -0.1) is 23.4 Å². The summed E-state index contributed by atoms with van der Waals surface area (Å²) in [6.45, 7) is 0. The van der Waals surface area contributed by atoms with Crippen LogP contribution in [0, 0.1) is 0 Å². The second kappa shape index (κ2) is 8.37. The van der Waals surface area contributed by atoms with Crippen LogP contribution in [0.1, 0.15) is 25.7 Å². The summed E-state index contributed by atoms with van der Waals surface area (Å²) in [7, 11) is 0. The maximum absolute atomic E-state index is 11.2. The van der Waals surface area contributed by atoms with Crippen molar-refractivity contribution in [2.24, 2.45) is 0 Å². The minimum Gasteiger partial charge on any atom is -0.769 e. The lowest BCUT2D eigenvalue weighted by Gasteiger charge is -2.30. The Bertz CT molecular complexity index is 634. The van der Waals surface area contributed by atoms with Crippen molar-refractivity contribution in [1.82, 2.24) is 4.72 Å². The van der Waals surface area contributed by atoms with Crippen LogP contribution in [0.4, 0.5) is 0 Å². The molecule has 2 aliphatic rings. The lowest BCUT2D eigenvalue weighted by atomic mass is 10.1. The Kier molecular flexibility index (Phi) is 7.02. The van der Waals surface area contributed by atoms with Crippen molar-refractivity contribution in [1.29, 1.82) is 0 Å². The van der Waals surface area contributed by atoms with Crippen molar-refractivity contribution in [3.05, 3.63) is 32.4 Å². The first-order valence-corrected chi connectivity index (χ1v) is 10.4. The molecule has 130 valence electrons. The van der Waals surface area contributed by atoms with Crippen molar-refractivity contribution in [3.63, 3.8) is 0 Å². The fourth-order valence-corrected chi connectivity index (χ4v) is 5.44. The van der Waals surface area contributed by atoms with Gasteiger partial charge in [0.15, 0.2) is 0 Å². The molecule has 0 heterocycles. The predicted octanol–water partition coefficient (Wildman–Crippen LogP) is 2.65. The van der Waals surface area contributed by atoms with Gasteiger partial charge >= 0.3 is 0 Å². The molecule has 0 aliphatic heterocycles. The third-order valence-electron chi connectivity index (χ3n) is 3.37. The highest BCUT2D eigenvalue weighted by Crippen LogP contribution is 2.43. The van der Waals surface area contributed by atoms with E-state index in [2.05, 4.69) is 4.72 Å². The highest BCUT2D eigenvalue weighted by Gasteiger charge is 2.28. The fraction of sp³-hybridized carbons (Fsp3) is 0.500. The van der Waals surface area contributed by atoms with Crippen LogP contribution in [0.25, 0.3) is 0 Å². The molecular weight excluding hydrogens is 405 g/mol. The van der Waals surface area contributed by atoms with Crippen LogP contribution in [-0.2, 0) is 22.3 Å². The summed E-state index contributed by atoms with van der Waals surface area (Å²) in [5, 5.41) is 9.80. The Morgan fingerprint density at radius 2 is 2.04 bits per heavy atom. The molecule has 4 unspecified atom stereocenters.